The Labute approximate surface area is 123 Å². The van der Waals surface area contributed by atoms with Crippen LogP contribution in [0.15, 0.2) is 36.4 Å². The lowest BCUT2D eigenvalue weighted by Gasteiger charge is -2.28. The van der Waals surface area contributed by atoms with Gasteiger partial charge in [-0.15, -0.1) is 0 Å². The van der Waals surface area contributed by atoms with Crippen LogP contribution < -0.4 is 0 Å². The van der Waals surface area contributed by atoms with Crippen molar-refractivity contribution >= 4 is 26.7 Å². The van der Waals surface area contributed by atoms with Crippen molar-refractivity contribution in [2.45, 2.75) is 24.6 Å². The Morgan fingerprint density at radius 3 is 2.84 bits per heavy atom. The van der Waals surface area contributed by atoms with Gasteiger partial charge < -0.3 is 4.74 Å². The first-order valence-corrected chi connectivity index (χ1v) is 7.89. The lowest BCUT2D eigenvalue weighted by atomic mass is 9.89. The summed E-state index contributed by atoms with van der Waals surface area (Å²) in [5.74, 6) is 0.582. The third-order valence-corrected chi connectivity index (χ3v) is 5.28. The van der Waals surface area contributed by atoms with Crippen molar-refractivity contribution in [3.63, 3.8) is 0 Å². The highest BCUT2D eigenvalue weighted by Crippen LogP contribution is 2.40. The fraction of sp³-hybridized carbons (Fsp3) is 0.412. The third kappa shape index (κ3) is 2.56. The number of aryl methyl sites for hydroxylation is 1. The number of fused-ring (bicyclic) bond motifs is 1. The van der Waals surface area contributed by atoms with Crippen LogP contribution in [0.5, 0.6) is 0 Å². The first-order chi connectivity index (χ1) is 9.27. The smallest absolute Gasteiger partial charge is 0.0508 e. The van der Waals surface area contributed by atoms with Gasteiger partial charge in [0.15, 0.2) is 0 Å². The van der Waals surface area contributed by atoms with E-state index in [2.05, 4.69) is 59.3 Å². The van der Waals surface area contributed by atoms with Crippen LogP contribution in [0.4, 0.5) is 0 Å². The summed E-state index contributed by atoms with van der Waals surface area (Å²) in [4.78, 5) is 0.388. The van der Waals surface area contributed by atoms with E-state index in [1.54, 1.807) is 0 Å². The van der Waals surface area contributed by atoms with Crippen LogP contribution >= 0.6 is 15.9 Å². The fourth-order valence-corrected chi connectivity index (χ4v) is 4.03. The van der Waals surface area contributed by atoms with E-state index >= 15 is 0 Å². The molecule has 0 saturated carbocycles. The van der Waals surface area contributed by atoms with E-state index in [0.717, 1.165) is 13.2 Å². The fourth-order valence-electron chi connectivity index (χ4n) is 3.00. The SMILES string of the molecule is Cc1ccc2ccccc2c1C(Br)C1CCCOC1. The van der Waals surface area contributed by atoms with Crippen LogP contribution in [0.2, 0.25) is 0 Å². The van der Waals surface area contributed by atoms with Crippen molar-refractivity contribution in [3.05, 3.63) is 47.5 Å². The van der Waals surface area contributed by atoms with Gasteiger partial charge in [-0.3, -0.25) is 0 Å². The second-order valence-electron chi connectivity index (χ2n) is 5.40. The molecule has 3 rings (SSSR count). The molecule has 0 radical (unpaired) electrons. The van der Waals surface area contributed by atoms with E-state index in [0.29, 0.717) is 10.7 Å². The molecule has 2 unspecified atom stereocenters. The van der Waals surface area contributed by atoms with E-state index < -0.39 is 0 Å². The maximum atomic E-state index is 5.65. The molecular formula is C17H19BrO. The van der Waals surface area contributed by atoms with Crippen molar-refractivity contribution in [2.24, 2.45) is 5.92 Å². The third-order valence-electron chi connectivity index (χ3n) is 4.07. The Balaban J connectivity index is 2.05. The molecule has 1 heterocycles. The van der Waals surface area contributed by atoms with Crippen LogP contribution in [0, 0.1) is 12.8 Å². The van der Waals surface area contributed by atoms with Gasteiger partial charge in [0.25, 0.3) is 0 Å². The topological polar surface area (TPSA) is 9.23 Å². The zero-order valence-corrected chi connectivity index (χ0v) is 12.8. The van der Waals surface area contributed by atoms with Gasteiger partial charge >= 0.3 is 0 Å². The summed E-state index contributed by atoms with van der Waals surface area (Å²) in [5.41, 5.74) is 2.81. The van der Waals surface area contributed by atoms with Crippen molar-refractivity contribution < 1.29 is 4.74 Å². The zero-order chi connectivity index (χ0) is 13.2. The molecule has 2 atom stereocenters. The average Bonchev–Trinajstić information content (AvgIpc) is 2.47. The summed E-state index contributed by atoms with van der Waals surface area (Å²) in [7, 11) is 0. The maximum absolute atomic E-state index is 5.65. The van der Waals surface area contributed by atoms with Gasteiger partial charge in [-0.05, 0) is 47.6 Å². The van der Waals surface area contributed by atoms with Crippen LogP contribution in [0.1, 0.15) is 28.8 Å². The molecule has 1 aliphatic heterocycles. The standard InChI is InChI=1S/C17H19BrO/c1-12-8-9-13-5-2-3-7-15(13)16(12)17(18)14-6-4-10-19-11-14/h2-3,5,7-9,14,17H,4,6,10-11H2,1H3. The van der Waals surface area contributed by atoms with Crippen molar-refractivity contribution in [1.82, 2.24) is 0 Å². The van der Waals surface area contributed by atoms with Gasteiger partial charge in [-0.2, -0.15) is 0 Å². The zero-order valence-electron chi connectivity index (χ0n) is 11.2. The summed E-state index contributed by atoms with van der Waals surface area (Å²) in [6.45, 7) is 4.00. The van der Waals surface area contributed by atoms with E-state index in [1.807, 2.05) is 0 Å². The molecule has 1 nitrogen and oxygen atoms in total. The molecule has 0 N–H and O–H groups in total. The molecule has 2 aromatic rings. The summed E-state index contributed by atoms with van der Waals surface area (Å²) in [5, 5.41) is 2.69. The van der Waals surface area contributed by atoms with Gasteiger partial charge in [-0.1, -0.05) is 52.3 Å². The molecule has 1 saturated heterocycles. The molecular weight excluding hydrogens is 300 g/mol. The summed E-state index contributed by atoms with van der Waals surface area (Å²) >= 11 is 3.94. The van der Waals surface area contributed by atoms with E-state index in [1.165, 1.54) is 34.7 Å². The Kier molecular flexibility index (Phi) is 3.90. The molecule has 19 heavy (non-hydrogen) atoms. The quantitative estimate of drug-likeness (QED) is 0.707. The van der Waals surface area contributed by atoms with Crippen molar-refractivity contribution in [1.29, 1.82) is 0 Å². The highest BCUT2D eigenvalue weighted by atomic mass is 79.9. The minimum Gasteiger partial charge on any atom is -0.381 e. The number of halogens is 1. The van der Waals surface area contributed by atoms with Crippen molar-refractivity contribution in [3.8, 4) is 0 Å². The normalized spacial score (nSPS) is 21.5. The first kappa shape index (κ1) is 13.1. The van der Waals surface area contributed by atoms with Crippen LogP contribution in [0.3, 0.4) is 0 Å². The van der Waals surface area contributed by atoms with Crippen LogP contribution in [-0.4, -0.2) is 13.2 Å². The Morgan fingerprint density at radius 1 is 1.21 bits per heavy atom. The van der Waals surface area contributed by atoms with Gasteiger partial charge in [0.2, 0.25) is 0 Å². The molecule has 0 amide bonds. The molecule has 1 fully saturated rings. The molecule has 0 bridgehead atoms. The van der Waals surface area contributed by atoms with Gasteiger partial charge in [0.05, 0.1) is 6.61 Å². The second-order valence-corrected chi connectivity index (χ2v) is 6.38. The number of ether oxygens (including phenoxy) is 1. The number of hydrogen-bond acceptors (Lipinski definition) is 1. The average molecular weight is 319 g/mol. The largest absolute Gasteiger partial charge is 0.381 e. The maximum Gasteiger partial charge on any atom is 0.0508 e. The number of benzene rings is 2. The molecule has 100 valence electrons. The molecule has 0 aliphatic carbocycles. The molecule has 0 aromatic heterocycles. The monoisotopic (exact) mass is 318 g/mol. The predicted molar refractivity (Wildman–Crippen MR) is 83.9 cm³/mol. The van der Waals surface area contributed by atoms with Gasteiger partial charge in [-0.25, -0.2) is 0 Å². The number of alkyl halides is 1. The van der Waals surface area contributed by atoms with Gasteiger partial charge in [0, 0.05) is 11.4 Å². The summed E-state index contributed by atoms with van der Waals surface area (Å²) in [6, 6.07) is 13.1. The second kappa shape index (κ2) is 5.64. The highest BCUT2D eigenvalue weighted by Gasteiger charge is 2.25. The summed E-state index contributed by atoms with van der Waals surface area (Å²) in [6.07, 6.45) is 2.43. The Morgan fingerprint density at radius 2 is 2.05 bits per heavy atom. The minimum absolute atomic E-state index is 0.388. The van der Waals surface area contributed by atoms with E-state index in [4.69, 9.17) is 4.74 Å². The minimum atomic E-state index is 0.388. The summed E-state index contributed by atoms with van der Waals surface area (Å²) < 4.78 is 5.65. The Bertz CT molecular complexity index is 572. The molecule has 2 aromatic carbocycles. The van der Waals surface area contributed by atoms with Crippen LogP contribution in [-0.2, 0) is 4.74 Å². The number of rotatable bonds is 2. The first-order valence-electron chi connectivity index (χ1n) is 6.97. The van der Waals surface area contributed by atoms with E-state index in [9.17, 15) is 0 Å². The molecule has 0 spiro atoms. The lowest BCUT2D eigenvalue weighted by molar-refractivity contribution is 0.0546. The lowest BCUT2D eigenvalue weighted by Crippen LogP contribution is -2.21. The number of hydrogen-bond donors (Lipinski definition) is 0. The van der Waals surface area contributed by atoms with Crippen LogP contribution in [0.25, 0.3) is 10.8 Å². The Hall–Kier alpha value is -0.860. The predicted octanol–water partition coefficient (Wildman–Crippen LogP) is 5.01. The highest BCUT2D eigenvalue weighted by molar-refractivity contribution is 9.09. The molecule has 1 aliphatic rings. The van der Waals surface area contributed by atoms with E-state index in [-0.39, 0.29) is 0 Å². The molecule has 2 heteroatoms. The van der Waals surface area contributed by atoms with Crippen molar-refractivity contribution in [2.75, 3.05) is 13.2 Å². The van der Waals surface area contributed by atoms with Gasteiger partial charge in [0.1, 0.15) is 0 Å².